The van der Waals surface area contributed by atoms with Crippen LogP contribution >= 0.6 is 0 Å². The highest BCUT2D eigenvalue weighted by Gasteiger charge is 2.52. The molecule has 1 saturated carbocycles. The lowest BCUT2D eigenvalue weighted by atomic mass is 9.90. The smallest absolute Gasteiger partial charge is 0.340 e. The largest absolute Gasteiger partial charge is 0.452 e. The topological polar surface area (TPSA) is 97.8 Å². The van der Waals surface area contributed by atoms with Crippen LogP contribution in [0.4, 0.5) is 11.4 Å². The first-order valence-corrected chi connectivity index (χ1v) is 11.7. The average molecular weight is 474 g/mol. The number of amides is 2. The maximum absolute atomic E-state index is 13.5. The van der Waals surface area contributed by atoms with Crippen molar-refractivity contribution in [3.05, 3.63) is 65.4 Å². The molecule has 1 aromatic heterocycles. The van der Waals surface area contributed by atoms with Gasteiger partial charge in [0, 0.05) is 12.5 Å². The van der Waals surface area contributed by atoms with E-state index in [0.29, 0.717) is 35.5 Å². The van der Waals surface area contributed by atoms with Crippen LogP contribution in [0, 0.1) is 6.92 Å². The molecule has 0 bridgehead atoms. The lowest BCUT2D eigenvalue weighted by Crippen LogP contribution is -2.61. The Bertz CT molecular complexity index is 1330. The number of carbonyl (C=O) groups excluding carboxylic acids is 3. The Morgan fingerprint density at radius 3 is 2.57 bits per heavy atom. The van der Waals surface area contributed by atoms with Crippen LogP contribution in [0.3, 0.4) is 0 Å². The quantitative estimate of drug-likeness (QED) is 0.559. The molecule has 2 amide bonds. The van der Waals surface area contributed by atoms with Gasteiger partial charge in [0.15, 0.2) is 6.61 Å². The van der Waals surface area contributed by atoms with Crippen LogP contribution in [0.5, 0.6) is 0 Å². The molecular weight excluding hydrogens is 446 g/mol. The predicted molar refractivity (Wildman–Crippen MR) is 131 cm³/mol. The second kappa shape index (κ2) is 9.11. The summed E-state index contributed by atoms with van der Waals surface area (Å²) < 4.78 is 10.8. The molecule has 1 aliphatic heterocycles. The summed E-state index contributed by atoms with van der Waals surface area (Å²) in [5.74, 6) is -1.26. The van der Waals surface area contributed by atoms with Gasteiger partial charge in [-0.3, -0.25) is 14.5 Å². The molecule has 2 aromatic carbocycles. The van der Waals surface area contributed by atoms with Gasteiger partial charge >= 0.3 is 5.97 Å². The van der Waals surface area contributed by atoms with E-state index in [1.165, 1.54) is 7.11 Å². The number of ether oxygens (including phenoxy) is 2. The van der Waals surface area contributed by atoms with E-state index in [1.807, 2.05) is 43.3 Å². The lowest BCUT2D eigenvalue weighted by Gasteiger charge is -2.44. The first kappa shape index (κ1) is 23.0. The third-order valence-electron chi connectivity index (χ3n) is 6.96. The highest BCUT2D eigenvalue weighted by atomic mass is 16.5. The number of esters is 1. The molecule has 1 spiro atoms. The number of para-hydroxylation sites is 3. The lowest BCUT2D eigenvalue weighted by molar-refractivity contribution is -0.129. The van der Waals surface area contributed by atoms with Gasteiger partial charge in [-0.1, -0.05) is 43.2 Å². The maximum Gasteiger partial charge on any atom is 0.340 e. The number of aromatic nitrogens is 1. The van der Waals surface area contributed by atoms with E-state index in [-0.39, 0.29) is 12.5 Å². The monoisotopic (exact) mass is 473 g/mol. The van der Waals surface area contributed by atoms with Crippen LogP contribution in [0.15, 0.2) is 48.5 Å². The number of pyridine rings is 1. The summed E-state index contributed by atoms with van der Waals surface area (Å²) >= 11 is 0. The maximum atomic E-state index is 13.5. The van der Waals surface area contributed by atoms with E-state index in [4.69, 9.17) is 9.47 Å². The van der Waals surface area contributed by atoms with E-state index in [2.05, 4.69) is 10.3 Å². The summed E-state index contributed by atoms with van der Waals surface area (Å²) in [4.78, 5) is 46.0. The molecule has 0 atom stereocenters. The van der Waals surface area contributed by atoms with Gasteiger partial charge < -0.3 is 14.8 Å². The molecule has 180 valence electrons. The van der Waals surface area contributed by atoms with E-state index in [1.54, 1.807) is 17.0 Å². The minimum atomic E-state index is -0.959. The Kier molecular flexibility index (Phi) is 5.98. The van der Waals surface area contributed by atoms with Crippen molar-refractivity contribution in [2.75, 3.05) is 23.9 Å². The Labute approximate surface area is 203 Å². The second-order valence-electron chi connectivity index (χ2n) is 9.02. The number of fused-ring (bicyclic) bond motifs is 2. The van der Waals surface area contributed by atoms with Gasteiger partial charge in [0.2, 0.25) is 0 Å². The second-order valence-corrected chi connectivity index (χ2v) is 9.02. The number of aryl methyl sites for hydroxylation is 1. The van der Waals surface area contributed by atoms with Gasteiger partial charge in [0.25, 0.3) is 11.8 Å². The van der Waals surface area contributed by atoms with Crippen LogP contribution in [0.1, 0.15) is 47.3 Å². The Morgan fingerprint density at radius 2 is 1.80 bits per heavy atom. The molecular formula is C27H27N3O5. The molecule has 8 nitrogen and oxygen atoms in total. The van der Waals surface area contributed by atoms with E-state index < -0.39 is 24.0 Å². The molecule has 0 saturated heterocycles. The average Bonchev–Trinajstić information content (AvgIpc) is 3.34. The summed E-state index contributed by atoms with van der Waals surface area (Å²) in [6.07, 6.45) is 2.83. The predicted octanol–water partition coefficient (Wildman–Crippen LogP) is 4.14. The van der Waals surface area contributed by atoms with Gasteiger partial charge in [-0.25, -0.2) is 9.78 Å². The molecule has 1 aliphatic carbocycles. The van der Waals surface area contributed by atoms with E-state index >= 15 is 0 Å². The SMILES string of the molecule is COCc1nc2ccccc2c(C)c1C(=O)OCC(=O)N1c2ccccc2NC(=O)C12CCCC2. The normalized spacial score (nSPS) is 16.3. The van der Waals surface area contributed by atoms with Gasteiger partial charge in [-0.15, -0.1) is 0 Å². The summed E-state index contributed by atoms with van der Waals surface area (Å²) in [6.45, 7) is 1.48. The number of hydrogen-bond acceptors (Lipinski definition) is 6. The Balaban J connectivity index is 1.45. The van der Waals surface area contributed by atoms with Gasteiger partial charge in [0.05, 0.1) is 34.8 Å². The first-order valence-electron chi connectivity index (χ1n) is 11.7. The number of methoxy groups -OCH3 is 1. The van der Waals surface area contributed by atoms with Crippen molar-refractivity contribution in [2.24, 2.45) is 0 Å². The summed E-state index contributed by atoms with van der Waals surface area (Å²) in [6, 6.07) is 14.7. The molecule has 1 N–H and O–H groups in total. The zero-order valence-corrected chi connectivity index (χ0v) is 19.8. The number of benzene rings is 2. The minimum Gasteiger partial charge on any atom is -0.452 e. The van der Waals surface area contributed by atoms with Crippen molar-refractivity contribution in [1.29, 1.82) is 0 Å². The van der Waals surface area contributed by atoms with Crippen molar-refractivity contribution < 1.29 is 23.9 Å². The standard InChI is InChI=1S/C27H27N3O5/c1-17-18-9-3-4-10-19(18)28-21(15-34-2)24(17)25(32)35-16-23(31)30-22-12-6-5-11-20(22)29-26(33)27(30)13-7-8-14-27/h3-6,9-12H,7-8,13-16H2,1-2H3,(H,29,33). The first-order chi connectivity index (χ1) is 17.0. The molecule has 35 heavy (non-hydrogen) atoms. The number of nitrogens with zero attached hydrogens (tertiary/aromatic N) is 2. The highest BCUT2D eigenvalue weighted by molar-refractivity contribution is 6.15. The van der Waals surface area contributed by atoms with Crippen LogP contribution < -0.4 is 10.2 Å². The molecule has 2 aliphatic rings. The zero-order valence-electron chi connectivity index (χ0n) is 19.8. The fourth-order valence-corrected chi connectivity index (χ4v) is 5.35. The minimum absolute atomic E-state index is 0.132. The summed E-state index contributed by atoms with van der Waals surface area (Å²) in [5.41, 5.74) is 2.46. The fraction of sp³-hybridized carbons (Fsp3) is 0.333. The zero-order chi connectivity index (χ0) is 24.6. The van der Waals surface area contributed by atoms with Crippen LogP contribution in [0.2, 0.25) is 0 Å². The number of anilines is 2. The number of rotatable bonds is 5. The molecule has 0 unspecified atom stereocenters. The highest BCUT2D eigenvalue weighted by Crippen LogP contribution is 2.45. The number of carbonyl (C=O) groups is 3. The van der Waals surface area contributed by atoms with E-state index in [9.17, 15) is 14.4 Å². The third-order valence-corrected chi connectivity index (χ3v) is 6.96. The summed E-state index contributed by atoms with van der Waals surface area (Å²) in [7, 11) is 1.53. The number of hydrogen-bond donors (Lipinski definition) is 1. The van der Waals surface area contributed by atoms with Crippen molar-refractivity contribution in [2.45, 2.75) is 44.8 Å². The fourth-order valence-electron chi connectivity index (χ4n) is 5.35. The third kappa shape index (κ3) is 3.83. The van der Waals surface area contributed by atoms with Gasteiger partial charge in [-0.05, 0) is 43.5 Å². The van der Waals surface area contributed by atoms with Crippen LogP contribution in [0.25, 0.3) is 10.9 Å². The molecule has 0 radical (unpaired) electrons. The number of nitrogens with one attached hydrogen (secondary N) is 1. The molecule has 1 fully saturated rings. The summed E-state index contributed by atoms with van der Waals surface area (Å²) in [5, 5.41) is 3.78. The van der Waals surface area contributed by atoms with Crippen molar-refractivity contribution in [1.82, 2.24) is 4.98 Å². The van der Waals surface area contributed by atoms with Gasteiger partial charge in [0.1, 0.15) is 5.54 Å². The molecule has 8 heteroatoms. The molecule has 5 rings (SSSR count). The van der Waals surface area contributed by atoms with Crippen molar-refractivity contribution in [3.63, 3.8) is 0 Å². The molecule has 3 aromatic rings. The van der Waals surface area contributed by atoms with Crippen LogP contribution in [-0.2, 0) is 25.7 Å². The van der Waals surface area contributed by atoms with E-state index in [0.717, 1.165) is 29.3 Å². The van der Waals surface area contributed by atoms with Crippen LogP contribution in [-0.4, -0.2) is 42.0 Å². The van der Waals surface area contributed by atoms with Crippen molar-refractivity contribution >= 4 is 40.1 Å². The van der Waals surface area contributed by atoms with Crippen molar-refractivity contribution in [3.8, 4) is 0 Å². The molecule has 2 heterocycles. The van der Waals surface area contributed by atoms with Gasteiger partial charge in [-0.2, -0.15) is 0 Å². The Morgan fingerprint density at radius 1 is 1.09 bits per heavy atom. The Hall–Kier alpha value is -3.78.